The van der Waals surface area contributed by atoms with Crippen molar-refractivity contribution in [1.82, 2.24) is 59.7 Å². The van der Waals surface area contributed by atoms with Crippen LogP contribution in [0, 0.1) is 85.9 Å². The van der Waals surface area contributed by atoms with E-state index < -0.39 is 16.2 Å². The summed E-state index contributed by atoms with van der Waals surface area (Å²) in [6.07, 6.45) is 19.8. The predicted octanol–water partition coefficient (Wildman–Crippen LogP) is 6.48. The van der Waals surface area contributed by atoms with Crippen molar-refractivity contribution in [2.45, 2.75) is 118 Å². The van der Waals surface area contributed by atoms with Gasteiger partial charge in [-0.05, 0) is 150 Å². The maximum Gasteiger partial charge on any atom is 0.265 e. The smallest absolute Gasteiger partial charge is 0.265 e. The first-order valence-electron chi connectivity index (χ1n) is 25.2. The summed E-state index contributed by atoms with van der Waals surface area (Å²) in [5.41, 5.74) is 5.55. The Hall–Kier alpha value is -7.89. The summed E-state index contributed by atoms with van der Waals surface area (Å²) < 4.78 is 41.8. The lowest BCUT2D eigenvalue weighted by atomic mass is 9.93. The van der Waals surface area contributed by atoms with E-state index in [1.54, 1.807) is 24.7 Å². The highest BCUT2D eigenvalue weighted by Crippen LogP contribution is 2.33. The first-order valence-corrected chi connectivity index (χ1v) is 27.0. The number of terminal acetylenes is 2. The summed E-state index contributed by atoms with van der Waals surface area (Å²) in [7, 11) is -3.66. The van der Waals surface area contributed by atoms with E-state index >= 15 is 0 Å². The van der Waals surface area contributed by atoms with Gasteiger partial charge in [0.05, 0.1) is 36.8 Å². The molecule has 416 valence electrons. The average Bonchev–Trinajstić information content (AvgIpc) is 4.10. The van der Waals surface area contributed by atoms with E-state index in [-0.39, 0.29) is 49.9 Å². The Bertz CT molecular complexity index is 3560. The molecule has 0 aromatic carbocycles. The van der Waals surface area contributed by atoms with Crippen molar-refractivity contribution in [2.24, 2.45) is 0 Å². The number of pyridine rings is 2. The zero-order valence-corrected chi connectivity index (χ0v) is 45.3. The standard InChI is InChI=1S/C21H26N6O2.C13H18N4O5S.C9H12N2.C9H4.C5H4.2CH4/c1-13-3-6-22-18(9-13)15-11-26(12-15)14(2)19-24-20-17(21(28)25-19)10-23-27(20)16-4-7-29-8-5-16;1-8(22-23(2,19)20)11-15-12-10(13(18)16-11)7-14-17(12)9-3-5-21-6-4-9;1-7-2-3-11-9(4-7)8-5-10-6-8;1-3-5-7-9-8-6-4-2;1-3-5-4-2;;/h3,6,9-10,14-16H,4-5,7-8,11-12H2,1-2H3,(H,24,25,28);7-9H,3-6H2,1-2H3,(H,15,16,18);2-4,8,10H,5-6H2,1H3;1H,2H3;1H,2H3;2*1H4/t14-;8-;;;;;/m10...../s1. The van der Waals surface area contributed by atoms with E-state index in [9.17, 15) is 18.0 Å². The minimum atomic E-state index is -3.66. The molecule has 19 nitrogen and oxygen atoms in total. The van der Waals surface area contributed by atoms with Gasteiger partial charge >= 0.3 is 0 Å². The van der Waals surface area contributed by atoms with E-state index in [0.717, 1.165) is 77.0 Å². The van der Waals surface area contributed by atoms with Crippen molar-refractivity contribution in [3.8, 4) is 72.1 Å². The first-order chi connectivity index (χ1) is 37.1. The molecule has 0 radical (unpaired) electrons. The number of nitrogens with zero attached hydrogens (tertiary/aromatic N) is 9. The third kappa shape index (κ3) is 18.4. The highest BCUT2D eigenvalue weighted by Gasteiger charge is 2.34. The highest BCUT2D eigenvalue weighted by atomic mass is 32.2. The predicted molar refractivity (Wildman–Crippen MR) is 309 cm³/mol. The monoisotopic (exact) mass is 1090 g/mol. The number of hydrogen-bond acceptors (Lipinski definition) is 15. The second-order valence-electron chi connectivity index (χ2n) is 18.4. The molecule has 4 saturated heterocycles. The fourth-order valence-corrected chi connectivity index (χ4v) is 9.13. The van der Waals surface area contributed by atoms with Crippen LogP contribution >= 0.6 is 0 Å². The molecule has 6 aromatic rings. The van der Waals surface area contributed by atoms with Gasteiger partial charge in [-0.1, -0.05) is 26.7 Å². The van der Waals surface area contributed by atoms with Crippen LogP contribution in [0.5, 0.6) is 0 Å². The first kappa shape index (κ1) is 63.6. The minimum Gasteiger partial charge on any atom is -0.381 e. The fourth-order valence-electron chi connectivity index (χ4n) is 8.52. The van der Waals surface area contributed by atoms with Crippen LogP contribution in [-0.2, 0) is 23.8 Å². The summed E-state index contributed by atoms with van der Waals surface area (Å²) >= 11 is 0. The van der Waals surface area contributed by atoms with Gasteiger partial charge in [-0.3, -0.25) is 28.6 Å². The minimum absolute atomic E-state index is 0. The molecule has 4 fully saturated rings. The van der Waals surface area contributed by atoms with Crippen LogP contribution in [0.3, 0.4) is 0 Å². The Balaban J connectivity index is 0.000000238. The summed E-state index contributed by atoms with van der Waals surface area (Å²) in [6.45, 7) is 18.0. The molecule has 0 unspecified atom stereocenters. The molecular formula is C59H72N12O7S. The normalized spacial score (nSPS) is 15.8. The highest BCUT2D eigenvalue weighted by molar-refractivity contribution is 7.86. The Morgan fingerprint density at radius 1 is 0.684 bits per heavy atom. The second kappa shape index (κ2) is 31.5. The summed E-state index contributed by atoms with van der Waals surface area (Å²) in [5.74, 6) is 26.0. The largest absolute Gasteiger partial charge is 0.381 e. The van der Waals surface area contributed by atoms with Crippen molar-refractivity contribution < 1.29 is 22.1 Å². The van der Waals surface area contributed by atoms with Crippen LogP contribution in [0.1, 0.15) is 138 Å². The number of fused-ring (bicyclic) bond motifs is 2. The summed E-state index contributed by atoms with van der Waals surface area (Å²) in [6, 6.07) is 8.76. The molecule has 20 heteroatoms. The van der Waals surface area contributed by atoms with Crippen molar-refractivity contribution in [2.75, 3.05) is 58.9 Å². The van der Waals surface area contributed by atoms with Crippen molar-refractivity contribution in [3.05, 3.63) is 104 Å². The van der Waals surface area contributed by atoms with Crippen LogP contribution < -0.4 is 16.4 Å². The average molecular weight is 1090 g/mol. The van der Waals surface area contributed by atoms with Gasteiger partial charge in [-0.25, -0.2) is 19.3 Å². The number of nitrogens with one attached hydrogen (secondary N) is 3. The number of ether oxygens (including phenoxy) is 2. The zero-order chi connectivity index (χ0) is 55.3. The third-order valence-electron chi connectivity index (χ3n) is 12.7. The molecule has 6 aromatic heterocycles. The van der Waals surface area contributed by atoms with Gasteiger partial charge in [0, 0.05) is 88.2 Å². The molecule has 10 rings (SSSR count). The van der Waals surface area contributed by atoms with Crippen LogP contribution in [0.4, 0.5) is 0 Å². The van der Waals surface area contributed by atoms with Gasteiger partial charge in [0.25, 0.3) is 21.2 Å². The van der Waals surface area contributed by atoms with E-state index in [1.165, 1.54) is 29.9 Å². The molecule has 3 N–H and O–H groups in total. The Morgan fingerprint density at radius 2 is 1.14 bits per heavy atom. The molecule has 4 aliphatic rings. The molecule has 10 heterocycles. The van der Waals surface area contributed by atoms with Gasteiger partial charge in [0.2, 0.25) is 0 Å². The number of hydrogen-bond donors (Lipinski definition) is 3. The van der Waals surface area contributed by atoms with Crippen molar-refractivity contribution in [1.29, 1.82) is 0 Å². The number of aromatic nitrogens is 10. The quantitative estimate of drug-likeness (QED) is 0.104. The SMILES string of the molecule is C.C.C#CC#CC.C#CC#CC#CC#CC.C[C@H](OS(C)(=O)=O)c1nc2c(cnn2C2CCOCC2)c(=O)[nH]1.Cc1ccnc(C2CN([C@H](C)c3nc4c(cnn4C4CCOCC4)c(=O)[nH]3)C2)c1.Cc1ccnc(C2CNC2)c1. The lowest BCUT2D eigenvalue weighted by Gasteiger charge is -2.42. The Kier molecular flexibility index (Phi) is 25.4. The molecular weight excluding hydrogens is 1020 g/mol. The molecule has 0 amide bonds. The fraction of sp³-hybridized carbons (Fsp3) is 0.458. The number of aromatic amines is 2. The Labute approximate surface area is 465 Å². The van der Waals surface area contributed by atoms with Crippen molar-refractivity contribution in [3.63, 3.8) is 0 Å². The van der Waals surface area contributed by atoms with Crippen molar-refractivity contribution >= 4 is 32.2 Å². The number of likely N-dealkylation sites (tertiary alicyclic amines) is 1. The van der Waals surface area contributed by atoms with Gasteiger partial charge in [0.15, 0.2) is 11.3 Å². The number of aryl methyl sites for hydroxylation is 2. The van der Waals surface area contributed by atoms with E-state index in [0.29, 0.717) is 52.9 Å². The lowest BCUT2D eigenvalue weighted by Crippen LogP contribution is -2.47. The van der Waals surface area contributed by atoms with Gasteiger partial charge < -0.3 is 24.8 Å². The molecule has 0 saturated carbocycles. The third-order valence-corrected chi connectivity index (χ3v) is 13.4. The van der Waals surface area contributed by atoms with Gasteiger partial charge in [-0.15, -0.1) is 12.8 Å². The van der Waals surface area contributed by atoms with E-state index in [4.69, 9.17) is 31.5 Å². The number of rotatable bonds is 9. The molecule has 2 atom stereocenters. The Morgan fingerprint density at radius 3 is 1.57 bits per heavy atom. The molecule has 79 heavy (non-hydrogen) atoms. The van der Waals surface area contributed by atoms with Crippen LogP contribution in [0.2, 0.25) is 0 Å². The van der Waals surface area contributed by atoms with Crippen LogP contribution in [0.15, 0.2) is 58.6 Å². The van der Waals surface area contributed by atoms with E-state index in [2.05, 4.69) is 137 Å². The molecule has 0 aliphatic carbocycles. The summed E-state index contributed by atoms with van der Waals surface area (Å²) in [4.78, 5) is 50.7. The molecule has 0 spiro atoms. The molecule has 4 aliphatic heterocycles. The lowest BCUT2D eigenvalue weighted by molar-refractivity contribution is 0.0671. The summed E-state index contributed by atoms with van der Waals surface area (Å²) in [5, 5.41) is 12.9. The maximum absolute atomic E-state index is 12.7. The van der Waals surface area contributed by atoms with Crippen LogP contribution in [0.25, 0.3) is 22.1 Å². The van der Waals surface area contributed by atoms with Gasteiger partial charge in [0.1, 0.15) is 28.5 Å². The van der Waals surface area contributed by atoms with Gasteiger partial charge in [-0.2, -0.15) is 18.6 Å². The van der Waals surface area contributed by atoms with Crippen LogP contribution in [-0.4, -0.2) is 122 Å². The molecule has 0 bridgehead atoms. The van der Waals surface area contributed by atoms with E-state index in [1.807, 2.05) is 29.2 Å². The topological polar surface area (TPSA) is 230 Å². The maximum atomic E-state index is 12.7. The number of H-pyrrole nitrogens is 2. The second-order valence-corrected chi connectivity index (χ2v) is 20.0. The zero-order valence-electron chi connectivity index (χ0n) is 44.5.